The van der Waals surface area contributed by atoms with E-state index >= 15 is 0 Å². The molecule has 2 fully saturated rings. The minimum atomic E-state index is -0.710. The van der Waals surface area contributed by atoms with Gasteiger partial charge in [-0.05, 0) is 57.2 Å². The molecule has 0 bridgehead atoms. The Labute approximate surface area is 190 Å². The van der Waals surface area contributed by atoms with E-state index in [1.165, 1.54) is 0 Å². The zero-order valence-corrected chi connectivity index (χ0v) is 19.3. The van der Waals surface area contributed by atoms with Crippen molar-refractivity contribution in [3.63, 3.8) is 0 Å². The molecule has 2 aliphatic rings. The maximum absolute atomic E-state index is 12.9. The third-order valence-corrected chi connectivity index (χ3v) is 6.32. The highest BCUT2D eigenvalue weighted by Crippen LogP contribution is 2.26. The van der Waals surface area contributed by atoms with Crippen LogP contribution in [0, 0.1) is 5.92 Å². The highest BCUT2D eigenvalue weighted by atomic mass is 35.5. The Kier molecular flexibility index (Phi) is 8.19. The van der Waals surface area contributed by atoms with Crippen molar-refractivity contribution in [1.82, 2.24) is 20.4 Å². The first-order chi connectivity index (χ1) is 14.7. The van der Waals surface area contributed by atoms with Crippen LogP contribution in [0.3, 0.4) is 0 Å². The van der Waals surface area contributed by atoms with Gasteiger partial charge < -0.3 is 20.6 Å². The SMILES string of the molecule is CC(C)(O)CN1CCN(C(=O)[C@H]2CC[C@H](NC(=O)NCc3ccc(Cl)cc3)CC2)CC1. The molecule has 1 heterocycles. The molecule has 1 saturated heterocycles. The summed E-state index contributed by atoms with van der Waals surface area (Å²) in [5, 5.41) is 16.6. The summed E-state index contributed by atoms with van der Waals surface area (Å²) in [6.07, 6.45) is 3.27. The molecule has 0 unspecified atom stereocenters. The summed E-state index contributed by atoms with van der Waals surface area (Å²) in [5.41, 5.74) is 0.287. The van der Waals surface area contributed by atoms with Gasteiger partial charge in [-0.1, -0.05) is 23.7 Å². The number of rotatable bonds is 6. The first-order valence-electron chi connectivity index (χ1n) is 11.2. The second-order valence-electron chi connectivity index (χ2n) is 9.42. The van der Waals surface area contributed by atoms with Crippen LogP contribution in [0.1, 0.15) is 45.1 Å². The van der Waals surface area contributed by atoms with Gasteiger partial charge in [0, 0.05) is 56.3 Å². The lowest BCUT2D eigenvalue weighted by molar-refractivity contribution is -0.138. The van der Waals surface area contributed by atoms with E-state index in [4.69, 9.17) is 11.6 Å². The number of aliphatic hydroxyl groups is 1. The smallest absolute Gasteiger partial charge is 0.315 e. The van der Waals surface area contributed by atoms with Crippen molar-refractivity contribution in [3.8, 4) is 0 Å². The topological polar surface area (TPSA) is 84.9 Å². The Balaban J connectivity index is 1.35. The van der Waals surface area contributed by atoms with Crippen molar-refractivity contribution in [3.05, 3.63) is 34.9 Å². The van der Waals surface area contributed by atoms with Gasteiger partial charge in [0.15, 0.2) is 0 Å². The van der Waals surface area contributed by atoms with Gasteiger partial charge in [0.25, 0.3) is 0 Å². The number of hydrogen-bond donors (Lipinski definition) is 3. The summed E-state index contributed by atoms with van der Waals surface area (Å²) in [6, 6.07) is 7.34. The number of piperazine rings is 1. The normalized spacial score (nSPS) is 22.8. The summed E-state index contributed by atoms with van der Waals surface area (Å²) >= 11 is 5.88. The molecule has 3 N–H and O–H groups in total. The van der Waals surface area contributed by atoms with Crippen molar-refractivity contribution < 1.29 is 14.7 Å². The number of nitrogens with zero attached hydrogens (tertiary/aromatic N) is 2. The number of β-amino-alcohol motifs (C(OH)–C–C–N with tert-alkyl or cyclic N) is 1. The average Bonchev–Trinajstić information content (AvgIpc) is 2.73. The molecule has 0 spiro atoms. The standard InChI is InChI=1S/C23H35ClN4O3/c1-23(2,31)16-27-11-13-28(14-12-27)21(29)18-5-9-20(10-6-18)26-22(30)25-15-17-3-7-19(24)8-4-17/h3-4,7-8,18,20,31H,5-6,9-16H2,1-2H3,(H2,25,26,30)/t18-,20-. The fraction of sp³-hybridized carbons (Fsp3) is 0.652. The van der Waals surface area contributed by atoms with E-state index in [1.807, 2.05) is 43.0 Å². The Morgan fingerprint density at radius 2 is 1.68 bits per heavy atom. The number of nitrogens with one attached hydrogen (secondary N) is 2. The van der Waals surface area contributed by atoms with Crippen molar-refractivity contribution in [2.45, 2.75) is 57.7 Å². The van der Waals surface area contributed by atoms with Gasteiger partial charge in [0.05, 0.1) is 5.60 Å². The molecule has 31 heavy (non-hydrogen) atoms. The molecule has 0 aromatic heterocycles. The van der Waals surface area contributed by atoms with Crippen LogP contribution in [0.25, 0.3) is 0 Å². The number of carbonyl (C=O) groups excluding carboxylic acids is 2. The molecule has 0 radical (unpaired) electrons. The molecule has 1 saturated carbocycles. The zero-order chi connectivity index (χ0) is 22.4. The van der Waals surface area contributed by atoms with E-state index in [2.05, 4.69) is 15.5 Å². The summed E-state index contributed by atoms with van der Waals surface area (Å²) < 4.78 is 0. The van der Waals surface area contributed by atoms with Crippen molar-refractivity contribution in [2.24, 2.45) is 5.92 Å². The molecule has 1 aromatic carbocycles. The number of benzene rings is 1. The summed E-state index contributed by atoms with van der Waals surface area (Å²) in [4.78, 5) is 29.3. The Bertz CT molecular complexity index is 734. The maximum Gasteiger partial charge on any atom is 0.315 e. The van der Waals surface area contributed by atoms with Crippen LogP contribution in [-0.4, -0.2) is 71.2 Å². The second kappa shape index (κ2) is 10.7. The molecule has 172 valence electrons. The molecule has 1 aliphatic carbocycles. The van der Waals surface area contributed by atoms with Crippen LogP contribution >= 0.6 is 11.6 Å². The lowest BCUT2D eigenvalue weighted by atomic mass is 9.85. The summed E-state index contributed by atoms with van der Waals surface area (Å²) in [6.45, 7) is 7.77. The number of carbonyl (C=O) groups is 2. The van der Waals surface area contributed by atoms with E-state index in [9.17, 15) is 14.7 Å². The molecule has 8 heteroatoms. The number of halogens is 1. The number of urea groups is 1. The highest BCUT2D eigenvalue weighted by Gasteiger charge is 2.32. The van der Waals surface area contributed by atoms with Crippen LogP contribution < -0.4 is 10.6 Å². The van der Waals surface area contributed by atoms with E-state index in [-0.39, 0.29) is 23.9 Å². The molecule has 3 rings (SSSR count). The third kappa shape index (κ3) is 7.66. The lowest BCUT2D eigenvalue weighted by Gasteiger charge is -2.39. The number of amides is 3. The van der Waals surface area contributed by atoms with E-state index in [1.54, 1.807) is 0 Å². The Hall–Kier alpha value is -1.83. The maximum atomic E-state index is 12.9. The molecule has 1 aromatic rings. The van der Waals surface area contributed by atoms with E-state index < -0.39 is 5.60 Å². The Morgan fingerprint density at radius 3 is 2.26 bits per heavy atom. The molecule has 1 aliphatic heterocycles. The summed E-state index contributed by atoms with van der Waals surface area (Å²) in [7, 11) is 0. The van der Waals surface area contributed by atoms with Crippen LogP contribution in [-0.2, 0) is 11.3 Å². The quantitative estimate of drug-likeness (QED) is 0.622. The van der Waals surface area contributed by atoms with Crippen LogP contribution in [0.4, 0.5) is 4.79 Å². The van der Waals surface area contributed by atoms with Gasteiger partial charge in [-0.25, -0.2) is 4.79 Å². The predicted octanol–water partition coefficient (Wildman–Crippen LogP) is 2.61. The van der Waals surface area contributed by atoms with Crippen molar-refractivity contribution >= 4 is 23.5 Å². The third-order valence-electron chi connectivity index (χ3n) is 6.07. The highest BCUT2D eigenvalue weighted by molar-refractivity contribution is 6.30. The minimum absolute atomic E-state index is 0.0519. The van der Waals surface area contributed by atoms with Crippen molar-refractivity contribution in [1.29, 1.82) is 0 Å². The molecule has 7 nitrogen and oxygen atoms in total. The van der Waals surface area contributed by atoms with Gasteiger partial charge in [-0.2, -0.15) is 0 Å². The molecule has 3 amide bonds. The van der Waals surface area contributed by atoms with Gasteiger partial charge in [0.1, 0.15) is 0 Å². The monoisotopic (exact) mass is 450 g/mol. The average molecular weight is 451 g/mol. The van der Waals surface area contributed by atoms with Gasteiger partial charge >= 0.3 is 6.03 Å². The Morgan fingerprint density at radius 1 is 1.06 bits per heavy atom. The van der Waals surface area contributed by atoms with Gasteiger partial charge in [-0.15, -0.1) is 0 Å². The second-order valence-corrected chi connectivity index (χ2v) is 9.85. The van der Waals surface area contributed by atoms with Crippen molar-refractivity contribution in [2.75, 3.05) is 32.7 Å². The van der Waals surface area contributed by atoms with Gasteiger partial charge in [-0.3, -0.25) is 9.69 Å². The first kappa shape index (κ1) is 23.8. The van der Waals surface area contributed by atoms with E-state index in [0.29, 0.717) is 18.1 Å². The largest absolute Gasteiger partial charge is 0.389 e. The number of hydrogen-bond acceptors (Lipinski definition) is 4. The predicted molar refractivity (Wildman–Crippen MR) is 122 cm³/mol. The zero-order valence-electron chi connectivity index (χ0n) is 18.6. The summed E-state index contributed by atoms with van der Waals surface area (Å²) in [5.74, 6) is 0.296. The molecular weight excluding hydrogens is 416 g/mol. The molecular formula is C23H35ClN4O3. The fourth-order valence-electron chi connectivity index (χ4n) is 4.44. The van der Waals surface area contributed by atoms with E-state index in [0.717, 1.165) is 57.4 Å². The lowest BCUT2D eigenvalue weighted by Crippen LogP contribution is -2.53. The first-order valence-corrected chi connectivity index (χ1v) is 11.6. The fourth-order valence-corrected chi connectivity index (χ4v) is 4.56. The minimum Gasteiger partial charge on any atom is -0.389 e. The van der Waals surface area contributed by atoms with Crippen LogP contribution in [0.5, 0.6) is 0 Å². The van der Waals surface area contributed by atoms with Gasteiger partial charge in [0.2, 0.25) is 5.91 Å². The van der Waals surface area contributed by atoms with Crippen LogP contribution in [0.2, 0.25) is 5.02 Å². The van der Waals surface area contributed by atoms with Crippen LogP contribution in [0.15, 0.2) is 24.3 Å². The molecule has 0 atom stereocenters.